The van der Waals surface area contributed by atoms with E-state index in [2.05, 4.69) is 0 Å². The van der Waals surface area contributed by atoms with Gasteiger partial charge in [-0.1, -0.05) is 12.1 Å². The molecule has 3 fully saturated rings. The number of benzene rings is 1. The summed E-state index contributed by atoms with van der Waals surface area (Å²) in [7, 11) is -1.84. The van der Waals surface area contributed by atoms with Gasteiger partial charge in [0.1, 0.15) is 0 Å². The van der Waals surface area contributed by atoms with Crippen LogP contribution in [0, 0.1) is 0 Å². The van der Waals surface area contributed by atoms with Gasteiger partial charge in [-0.25, -0.2) is 13.2 Å². The van der Waals surface area contributed by atoms with Crippen LogP contribution in [0.25, 0.3) is 0 Å². The summed E-state index contributed by atoms with van der Waals surface area (Å²) < 4.78 is 31.9. The largest absolute Gasteiger partial charge is 0.438 e. The topological polar surface area (TPSA) is 66.9 Å². The third-order valence-electron chi connectivity index (χ3n) is 4.64. The van der Waals surface area contributed by atoms with Crippen LogP contribution in [-0.2, 0) is 14.8 Å². The van der Waals surface area contributed by atoms with Gasteiger partial charge in [0, 0.05) is 7.05 Å². The van der Waals surface area contributed by atoms with E-state index >= 15 is 0 Å². The van der Waals surface area contributed by atoms with Crippen molar-refractivity contribution < 1.29 is 17.9 Å². The van der Waals surface area contributed by atoms with Gasteiger partial charge in [0.05, 0.1) is 24.5 Å². The van der Waals surface area contributed by atoms with Crippen molar-refractivity contribution in [1.29, 1.82) is 0 Å². The summed E-state index contributed by atoms with van der Waals surface area (Å²) in [5.41, 5.74) is 0.553. The van der Waals surface area contributed by atoms with Gasteiger partial charge in [0.15, 0.2) is 5.60 Å². The third-order valence-corrected chi connectivity index (χ3v) is 6.44. The smallest absolute Gasteiger partial charge is 0.410 e. The molecule has 0 atom stereocenters. The highest BCUT2D eigenvalue weighted by Gasteiger charge is 2.56. The first-order chi connectivity index (χ1) is 10.4. The number of carbonyl (C=O) groups is 1. The zero-order chi connectivity index (χ0) is 15.5. The number of hydrogen-bond donors (Lipinski definition) is 0. The van der Waals surface area contributed by atoms with E-state index in [4.69, 9.17) is 4.74 Å². The van der Waals surface area contributed by atoms with E-state index in [1.165, 1.54) is 27.6 Å². The van der Waals surface area contributed by atoms with E-state index in [0.717, 1.165) is 0 Å². The molecule has 0 radical (unpaired) electrons. The standard InChI is InChI=1S/C15H18N2O4S/c1-16-8-15(21-14(16)18)9-17(10-15)22(19,20)13-6-4-12(5-7-13)11-2-3-11/h4-7,11H,2-3,8-10H2,1H3. The Balaban J connectivity index is 1.49. The molecule has 6 nitrogen and oxygen atoms in total. The summed E-state index contributed by atoms with van der Waals surface area (Å²) in [5.74, 6) is 0.609. The summed E-state index contributed by atoms with van der Waals surface area (Å²) in [5, 5.41) is 0. The predicted octanol–water partition coefficient (Wildman–Crippen LogP) is 1.39. The highest BCUT2D eigenvalue weighted by atomic mass is 32.2. The first-order valence-electron chi connectivity index (χ1n) is 7.44. The Labute approximate surface area is 129 Å². The van der Waals surface area contributed by atoms with E-state index in [0.29, 0.717) is 17.4 Å². The SMILES string of the molecule is CN1CC2(CN(S(=O)(=O)c3ccc(C4CC4)cc3)C2)OC1=O. The number of sulfonamides is 1. The highest BCUT2D eigenvalue weighted by Crippen LogP contribution is 2.40. The predicted molar refractivity (Wildman–Crippen MR) is 79.0 cm³/mol. The molecule has 118 valence electrons. The van der Waals surface area contributed by atoms with Crippen molar-refractivity contribution in [2.75, 3.05) is 26.7 Å². The van der Waals surface area contributed by atoms with Crippen LogP contribution in [0.2, 0.25) is 0 Å². The van der Waals surface area contributed by atoms with Crippen molar-refractivity contribution in [3.8, 4) is 0 Å². The Hall–Kier alpha value is -1.60. The minimum absolute atomic E-state index is 0.232. The van der Waals surface area contributed by atoms with Crippen LogP contribution < -0.4 is 0 Å². The number of hydrogen-bond acceptors (Lipinski definition) is 4. The van der Waals surface area contributed by atoms with Crippen LogP contribution >= 0.6 is 0 Å². The van der Waals surface area contributed by atoms with Crippen LogP contribution in [-0.4, -0.2) is 56.0 Å². The molecular formula is C15H18N2O4S. The molecule has 0 unspecified atom stereocenters. The fourth-order valence-electron chi connectivity index (χ4n) is 3.20. The number of rotatable bonds is 3. The van der Waals surface area contributed by atoms with Crippen molar-refractivity contribution in [3.05, 3.63) is 29.8 Å². The average molecular weight is 322 g/mol. The van der Waals surface area contributed by atoms with Crippen LogP contribution in [0.4, 0.5) is 4.79 Å². The zero-order valence-electron chi connectivity index (χ0n) is 12.4. The summed E-state index contributed by atoms with van der Waals surface area (Å²) in [4.78, 5) is 13.2. The fraction of sp³-hybridized carbons (Fsp3) is 0.533. The Morgan fingerprint density at radius 2 is 1.77 bits per heavy atom. The van der Waals surface area contributed by atoms with Crippen LogP contribution in [0.15, 0.2) is 29.2 Å². The molecule has 3 aliphatic rings. The second-order valence-electron chi connectivity index (χ2n) is 6.52. The Morgan fingerprint density at radius 3 is 2.27 bits per heavy atom. The monoisotopic (exact) mass is 322 g/mol. The molecule has 0 aromatic heterocycles. The van der Waals surface area contributed by atoms with Crippen molar-refractivity contribution >= 4 is 16.1 Å². The van der Waals surface area contributed by atoms with Crippen LogP contribution in [0.1, 0.15) is 24.3 Å². The zero-order valence-corrected chi connectivity index (χ0v) is 13.2. The maximum Gasteiger partial charge on any atom is 0.410 e. The summed E-state index contributed by atoms with van der Waals surface area (Å²) in [6, 6.07) is 7.18. The van der Waals surface area contributed by atoms with Crippen molar-refractivity contribution in [2.24, 2.45) is 0 Å². The first-order valence-corrected chi connectivity index (χ1v) is 8.88. The van der Waals surface area contributed by atoms with E-state index < -0.39 is 15.6 Å². The quantitative estimate of drug-likeness (QED) is 0.843. The molecule has 4 rings (SSSR count). The lowest BCUT2D eigenvalue weighted by molar-refractivity contribution is -0.0335. The second-order valence-corrected chi connectivity index (χ2v) is 8.46. The third kappa shape index (κ3) is 2.11. The molecule has 2 aliphatic heterocycles. The summed E-state index contributed by atoms with van der Waals surface area (Å²) in [6.07, 6.45) is 2.00. The Kier molecular flexibility index (Phi) is 2.84. The second kappa shape index (κ2) is 4.45. The minimum atomic E-state index is -3.50. The van der Waals surface area contributed by atoms with Gasteiger partial charge in [0.25, 0.3) is 0 Å². The molecule has 1 aromatic carbocycles. The normalized spacial score (nSPS) is 24.4. The van der Waals surface area contributed by atoms with Crippen molar-refractivity contribution in [1.82, 2.24) is 9.21 Å². The maximum absolute atomic E-state index is 12.6. The highest BCUT2D eigenvalue weighted by molar-refractivity contribution is 7.89. The van der Waals surface area contributed by atoms with E-state index in [-0.39, 0.29) is 19.2 Å². The Bertz CT molecular complexity index is 718. The Morgan fingerprint density at radius 1 is 1.14 bits per heavy atom. The summed E-state index contributed by atoms with van der Waals surface area (Å²) >= 11 is 0. The number of amides is 1. The van der Waals surface area contributed by atoms with Gasteiger partial charge in [0.2, 0.25) is 10.0 Å². The molecule has 2 heterocycles. The maximum atomic E-state index is 12.6. The fourth-order valence-corrected chi connectivity index (χ4v) is 4.79. The molecule has 1 spiro atoms. The van der Waals surface area contributed by atoms with Crippen molar-refractivity contribution in [3.63, 3.8) is 0 Å². The average Bonchev–Trinajstić information content (AvgIpc) is 3.24. The molecule has 1 aliphatic carbocycles. The number of ether oxygens (including phenoxy) is 1. The number of nitrogens with zero attached hydrogens (tertiary/aromatic N) is 2. The van der Waals surface area contributed by atoms with E-state index in [9.17, 15) is 13.2 Å². The van der Waals surface area contributed by atoms with Gasteiger partial charge < -0.3 is 9.64 Å². The molecule has 1 amide bonds. The van der Waals surface area contributed by atoms with Crippen LogP contribution in [0.5, 0.6) is 0 Å². The molecule has 2 saturated heterocycles. The molecule has 1 saturated carbocycles. The van der Waals surface area contributed by atoms with Gasteiger partial charge in [-0.15, -0.1) is 0 Å². The van der Waals surface area contributed by atoms with E-state index in [1.807, 2.05) is 12.1 Å². The molecule has 1 aromatic rings. The van der Waals surface area contributed by atoms with Gasteiger partial charge >= 0.3 is 6.09 Å². The number of carbonyl (C=O) groups excluding carboxylic acids is 1. The summed E-state index contributed by atoms with van der Waals surface area (Å²) in [6.45, 7) is 0.907. The lowest BCUT2D eigenvalue weighted by Gasteiger charge is -2.44. The van der Waals surface area contributed by atoms with Gasteiger partial charge in [-0.05, 0) is 36.5 Å². The molecule has 0 N–H and O–H groups in total. The minimum Gasteiger partial charge on any atom is -0.438 e. The molecule has 22 heavy (non-hydrogen) atoms. The molecule has 7 heteroatoms. The van der Waals surface area contributed by atoms with Crippen molar-refractivity contribution in [2.45, 2.75) is 29.3 Å². The lowest BCUT2D eigenvalue weighted by atomic mass is 9.97. The van der Waals surface area contributed by atoms with Crippen LogP contribution in [0.3, 0.4) is 0 Å². The number of likely N-dealkylation sites (N-methyl/N-ethyl adjacent to an activating group) is 1. The van der Waals surface area contributed by atoms with Gasteiger partial charge in [-0.3, -0.25) is 0 Å². The van der Waals surface area contributed by atoms with Gasteiger partial charge in [-0.2, -0.15) is 4.31 Å². The van der Waals surface area contributed by atoms with E-state index in [1.54, 1.807) is 19.2 Å². The first kappa shape index (κ1) is 14.0. The molecular weight excluding hydrogens is 304 g/mol. The lowest BCUT2D eigenvalue weighted by Crippen LogP contribution is -2.65. The molecule has 0 bridgehead atoms.